The van der Waals surface area contributed by atoms with Gasteiger partial charge in [0, 0.05) is 25.2 Å². The maximum Gasteiger partial charge on any atom is 0.0600 e. The molecule has 0 aromatic rings. The molecule has 1 rings (SSSR count). The van der Waals surface area contributed by atoms with E-state index < -0.39 is 0 Å². The third-order valence-electron chi connectivity index (χ3n) is 3.42. The molecular weight excluding hydrogens is 224 g/mol. The van der Waals surface area contributed by atoms with Crippen LogP contribution in [0.25, 0.3) is 0 Å². The van der Waals surface area contributed by atoms with Gasteiger partial charge in [-0.1, -0.05) is 20.3 Å². The Bertz CT molecular complexity index is 223. The topological polar surface area (TPSA) is 24.5 Å². The van der Waals surface area contributed by atoms with Crippen LogP contribution in [-0.4, -0.2) is 48.8 Å². The van der Waals surface area contributed by atoms with Crippen molar-refractivity contribution in [1.29, 1.82) is 0 Å². The maximum atomic E-state index is 5.84. The third kappa shape index (κ3) is 6.72. The summed E-state index contributed by atoms with van der Waals surface area (Å²) in [7, 11) is 0. The molecule has 3 nitrogen and oxygen atoms in total. The molecule has 1 aliphatic heterocycles. The van der Waals surface area contributed by atoms with Crippen molar-refractivity contribution < 1.29 is 4.74 Å². The molecule has 1 heterocycles. The smallest absolute Gasteiger partial charge is 0.0600 e. The van der Waals surface area contributed by atoms with Gasteiger partial charge in [0.2, 0.25) is 0 Å². The number of likely N-dealkylation sites (tertiary alicyclic amines) is 1. The van der Waals surface area contributed by atoms with Gasteiger partial charge in [-0.2, -0.15) is 0 Å². The number of hydrogen-bond donors (Lipinski definition) is 1. The first-order valence-electron chi connectivity index (χ1n) is 7.50. The number of rotatable bonds is 6. The van der Waals surface area contributed by atoms with Gasteiger partial charge in [0.25, 0.3) is 0 Å². The van der Waals surface area contributed by atoms with Gasteiger partial charge in [-0.3, -0.25) is 4.90 Å². The van der Waals surface area contributed by atoms with Crippen LogP contribution in [0.1, 0.15) is 53.9 Å². The third-order valence-corrected chi connectivity index (χ3v) is 3.42. The van der Waals surface area contributed by atoms with Gasteiger partial charge in [-0.05, 0) is 40.2 Å². The van der Waals surface area contributed by atoms with E-state index in [1.165, 1.54) is 25.8 Å². The number of nitrogens with one attached hydrogen (secondary N) is 1. The predicted molar refractivity (Wildman–Crippen MR) is 78.1 cm³/mol. The minimum Gasteiger partial charge on any atom is -0.375 e. The van der Waals surface area contributed by atoms with Crippen LogP contribution in [0.5, 0.6) is 0 Å². The van der Waals surface area contributed by atoms with Crippen molar-refractivity contribution in [1.82, 2.24) is 10.2 Å². The van der Waals surface area contributed by atoms with E-state index in [4.69, 9.17) is 4.74 Å². The Morgan fingerprint density at radius 2 is 2.00 bits per heavy atom. The van der Waals surface area contributed by atoms with Crippen LogP contribution >= 0.6 is 0 Å². The van der Waals surface area contributed by atoms with Crippen LogP contribution in [0, 0.1) is 0 Å². The summed E-state index contributed by atoms with van der Waals surface area (Å²) in [6, 6.07) is 1.28. The number of hydrogen-bond acceptors (Lipinski definition) is 3. The molecule has 18 heavy (non-hydrogen) atoms. The molecule has 0 amide bonds. The van der Waals surface area contributed by atoms with Gasteiger partial charge in [0.15, 0.2) is 0 Å². The van der Waals surface area contributed by atoms with Gasteiger partial charge in [0.1, 0.15) is 0 Å². The Labute approximate surface area is 113 Å². The molecule has 1 saturated heterocycles. The summed E-state index contributed by atoms with van der Waals surface area (Å²) >= 11 is 0. The normalized spacial score (nSPS) is 22.7. The number of piperidine rings is 1. The highest BCUT2D eigenvalue weighted by Crippen LogP contribution is 2.17. The largest absolute Gasteiger partial charge is 0.375 e. The van der Waals surface area contributed by atoms with E-state index in [9.17, 15) is 0 Å². The van der Waals surface area contributed by atoms with Crippen molar-refractivity contribution in [2.75, 3.05) is 26.2 Å². The standard InChI is InChI=1S/C15H32N2O/c1-13(2)16-12-14-8-6-7-9-17(14)10-11-18-15(3,4)5/h13-14,16H,6-12H2,1-5H3. The first-order chi connectivity index (χ1) is 8.38. The molecule has 0 aromatic heterocycles. The minimum atomic E-state index is -0.0124. The molecule has 0 radical (unpaired) electrons. The lowest BCUT2D eigenvalue weighted by Crippen LogP contribution is -2.48. The summed E-state index contributed by atoms with van der Waals surface area (Å²) in [4.78, 5) is 2.60. The lowest BCUT2D eigenvalue weighted by molar-refractivity contribution is -0.0210. The van der Waals surface area contributed by atoms with Crippen LogP contribution in [0.4, 0.5) is 0 Å². The lowest BCUT2D eigenvalue weighted by atomic mass is 10.0. The summed E-state index contributed by atoms with van der Waals surface area (Å²) in [6.07, 6.45) is 4.05. The van der Waals surface area contributed by atoms with Crippen molar-refractivity contribution >= 4 is 0 Å². The molecule has 1 unspecified atom stereocenters. The molecule has 1 fully saturated rings. The predicted octanol–water partition coefficient (Wildman–Crippen LogP) is 2.65. The van der Waals surface area contributed by atoms with Crippen LogP contribution < -0.4 is 5.32 Å². The Kier molecular flexibility index (Phi) is 6.61. The van der Waals surface area contributed by atoms with Crippen LogP contribution in [0.3, 0.4) is 0 Å². The highest BCUT2D eigenvalue weighted by Gasteiger charge is 2.22. The van der Waals surface area contributed by atoms with Crippen molar-refractivity contribution in [2.45, 2.75) is 71.6 Å². The van der Waals surface area contributed by atoms with E-state index in [0.717, 1.165) is 19.7 Å². The molecule has 1 aliphatic rings. The zero-order chi connectivity index (χ0) is 13.6. The van der Waals surface area contributed by atoms with Crippen molar-refractivity contribution in [2.24, 2.45) is 0 Å². The molecule has 3 heteroatoms. The molecule has 0 aromatic carbocycles. The molecule has 108 valence electrons. The van der Waals surface area contributed by atoms with E-state index >= 15 is 0 Å². The summed E-state index contributed by atoms with van der Waals surface area (Å²) in [5.41, 5.74) is -0.0124. The van der Waals surface area contributed by atoms with E-state index in [2.05, 4.69) is 44.8 Å². The van der Waals surface area contributed by atoms with Crippen molar-refractivity contribution in [3.05, 3.63) is 0 Å². The SMILES string of the molecule is CC(C)NCC1CCCCN1CCOC(C)(C)C. The number of nitrogens with zero attached hydrogens (tertiary/aromatic N) is 1. The van der Waals surface area contributed by atoms with E-state index in [1.54, 1.807) is 0 Å². The zero-order valence-electron chi connectivity index (χ0n) is 13.0. The Morgan fingerprint density at radius 3 is 2.61 bits per heavy atom. The second-order valence-corrected chi connectivity index (χ2v) is 6.71. The molecule has 1 N–H and O–H groups in total. The first kappa shape index (κ1) is 15.9. The molecule has 1 atom stereocenters. The fourth-order valence-electron chi connectivity index (χ4n) is 2.43. The molecule has 0 spiro atoms. The molecule has 0 saturated carbocycles. The summed E-state index contributed by atoms with van der Waals surface area (Å²) in [5, 5.41) is 3.57. The average Bonchev–Trinajstić information content (AvgIpc) is 2.26. The fourth-order valence-corrected chi connectivity index (χ4v) is 2.43. The van der Waals surface area contributed by atoms with Gasteiger partial charge >= 0.3 is 0 Å². The van der Waals surface area contributed by atoms with Gasteiger partial charge in [-0.15, -0.1) is 0 Å². The molecule has 0 bridgehead atoms. The molecule has 0 aliphatic carbocycles. The van der Waals surface area contributed by atoms with Crippen LogP contribution in [-0.2, 0) is 4.74 Å². The van der Waals surface area contributed by atoms with E-state index in [0.29, 0.717) is 12.1 Å². The monoisotopic (exact) mass is 256 g/mol. The second kappa shape index (κ2) is 7.46. The number of ether oxygens (including phenoxy) is 1. The summed E-state index contributed by atoms with van der Waals surface area (Å²) < 4.78 is 5.84. The van der Waals surface area contributed by atoms with Crippen molar-refractivity contribution in [3.8, 4) is 0 Å². The highest BCUT2D eigenvalue weighted by molar-refractivity contribution is 4.79. The van der Waals surface area contributed by atoms with Gasteiger partial charge < -0.3 is 10.1 Å². The van der Waals surface area contributed by atoms with Gasteiger partial charge in [0.05, 0.1) is 12.2 Å². The van der Waals surface area contributed by atoms with Gasteiger partial charge in [-0.25, -0.2) is 0 Å². The van der Waals surface area contributed by atoms with E-state index in [-0.39, 0.29) is 5.60 Å². The fraction of sp³-hybridized carbons (Fsp3) is 1.00. The van der Waals surface area contributed by atoms with E-state index in [1.807, 2.05) is 0 Å². The first-order valence-corrected chi connectivity index (χ1v) is 7.50. The highest BCUT2D eigenvalue weighted by atomic mass is 16.5. The molecular formula is C15H32N2O. The van der Waals surface area contributed by atoms with Crippen molar-refractivity contribution in [3.63, 3.8) is 0 Å². The quantitative estimate of drug-likeness (QED) is 0.791. The second-order valence-electron chi connectivity index (χ2n) is 6.71. The Balaban J connectivity index is 2.30. The van der Waals surface area contributed by atoms with Crippen LogP contribution in [0.2, 0.25) is 0 Å². The van der Waals surface area contributed by atoms with Crippen LogP contribution in [0.15, 0.2) is 0 Å². The Hall–Kier alpha value is -0.120. The summed E-state index contributed by atoms with van der Waals surface area (Å²) in [6.45, 7) is 15.1. The zero-order valence-corrected chi connectivity index (χ0v) is 13.0. The minimum absolute atomic E-state index is 0.0124. The Morgan fingerprint density at radius 1 is 1.28 bits per heavy atom. The maximum absolute atomic E-state index is 5.84. The average molecular weight is 256 g/mol. The summed E-state index contributed by atoms with van der Waals surface area (Å²) in [5.74, 6) is 0. The lowest BCUT2D eigenvalue weighted by Gasteiger charge is -2.36.